The van der Waals surface area contributed by atoms with Gasteiger partial charge in [-0.25, -0.2) is 0 Å². The van der Waals surface area contributed by atoms with Crippen molar-refractivity contribution in [3.05, 3.63) is 11.6 Å². The van der Waals surface area contributed by atoms with Gasteiger partial charge in [0.05, 0.1) is 24.9 Å². The summed E-state index contributed by atoms with van der Waals surface area (Å²) < 4.78 is 13.3. The van der Waals surface area contributed by atoms with E-state index in [4.69, 9.17) is 9.47 Å². The highest BCUT2D eigenvalue weighted by Gasteiger charge is 2.69. The maximum Gasteiger partial charge on any atom is 0.171 e. The largest absolute Gasteiger partial charge is 0.393 e. The van der Waals surface area contributed by atoms with E-state index in [1.54, 1.807) is 0 Å². The third-order valence-corrected chi connectivity index (χ3v) is 11.4. The van der Waals surface area contributed by atoms with E-state index in [0.29, 0.717) is 35.5 Å². The number of hydrogen-bond donors (Lipinski definition) is 2. The molecular weight excluding hydrogens is 388 g/mol. The van der Waals surface area contributed by atoms with Crippen molar-refractivity contribution in [3.63, 3.8) is 0 Å². The van der Waals surface area contributed by atoms with Gasteiger partial charge in [0.2, 0.25) is 0 Å². The molecule has 174 valence electrons. The molecule has 2 aliphatic heterocycles. The molecule has 0 radical (unpaired) electrons. The number of fused-ring (bicyclic) bond motifs is 7. The van der Waals surface area contributed by atoms with Crippen molar-refractivity contribution in [2.45, 2.75) is 103 Å². The molecule has 3 saturated carbocycles. The summed E-state index contributed by atoms with van der Waals surface area (Å²) in [6.07, 6.45) is 10.3. The van der Waals surface area contributed by atoms with E-state index in [1.807, 2.05) is 0 Å². The molecule has 0 amide bonds. The first-order valence-corrected chi connectivity index (χ1v) is 13.1. The first kappa shape index (κ1) is 21.1. The molecule has 0 aromatic carbocycles. The number of rotatable bonds is 0. The molecule has 2 heterocycles. The van der Waals surface area contributed by atoms with Gasteiger partial charge in [-0.05, 0) is 85.4 Å². The fraction of sp³-hybridized carbons (Fsp3) is 0.926. The second-order valence-electron chi connectivity index (χ2n) is 12.8. The average molecular weight is 431 g/mol. The summed E-state index contributed by atoms with van der Waals surface area (Å²) in [6.45, 7) is 10.4. The van der Waals surface area contributed by atoms with Crippen molar-refractivity contribution in [2.24, 2.45) is 46.3 Å². The summed E-state index contributed by atoms with van der Waals surface area (Å²) in [7, 11) is 0. The molecule has 4 aliphatic carbocycles. The van der Waals surface area contributed by atoms with Gasteiger partial charge in [0.25, 0.3) is 0 Å². The Hall–Kier alpha value is -0.420. The topological polar surface area (TPSA) is 58.9 Å². The summed E-state index contributed by atoms with van der Waals surface area (Å²) in [5, 5.41) is 21.6. The first-order chi connectivity index (χ1) is 14.7. The molecular formula is C27H42O4. The predicted molar refractivity (Wildman–Crippen MR) is 119 cm³/mol. The lowest BCUT2D eigenvalue weighted by Gasteiger charge is -2.59. The fourth-order valence-corrected chi connectivity index (χ4v) is 9.65. The summed E-state index contributed by atoms with van der Waals surface area (Å²) in [5.74, 6) is 2.59. The Bertz CT molecular complexity index is 769. The van der Waals surface area contributed by atoms with Gasteiger partial charge in [0.1, 0.15) is 0 Å². The van der Waals surface area contributed by atoms with Gasteiger partial charge in [-0.2, -0.15) is 0 Å². The zero-order chi connectivity index (χ0) is 21.8. The molecule has 4 heteroatoms. The molecule has 2 saturated heterocycles. The normalized spacial score (nSPS) is 60.7. The second-order valence-corrected chi connectivity index (χ2v) is 12.8. The van der Waals surface area contributed by atoms with Crippen LogP contribution in [-0.4, -0.2) is 40.9 Å². The van der Waals surface area contributed by atoms with Crippen LogP contribution in [-0.2, 0) is 9.47 Å². The summed E-state index contributed by atoms with van der Waals surface area (Å²) in [5.41, 5.74) is 1.70. The van der Waals surface area contributed by atoms with Gasteiger partial charge in [-0.15, -0.1) is 0 Å². The number of hydrogen-bond acceptors (Lipinski definition) is 4. The number of aliphatic hydroxyl groups is 2. The van der Waals surface area contributed by atoms with Gasteiger partial charge >= 0.3 is 0 Å². The minimum absolute atomic E-state index is 0.151. The summed E-state index contributed by atoms with van der Waals surface area (Å²) in [6, 6.07) is 0. The average Bonchev–Trinajstić information content (AvgIpc) is 3.16. The predicted octanol–water partition coefficient (Wildman–Crippen LogP) is 4.68. The highest BCUT2D eigenvalue weighted by molar-refractivity contribution is 5.28. The zero-order valence-corrected chi connectivity index (χ0v) is 19.8. The van der Waals surface area contributed by atoms with E-state index in [1.165, 1.54) is 24.8 Å². The molecule has 6 rings (SSSR count). The molecule has 0 aromatic heterocycles. The SMILES string of the molecule is CC1CC[C@@]2(OC1)O[C@H]1C[C@H]3[C@@H]4C(O)C=C5CC(O)CC[C@]5(C)[C@H]4CC[C@]3(C)[C@H]1[C@@H]2C. The minimum atomic E-state index is -0.377. The van der Waals surface area contributed by atoms with E-state index >= 15 is 0 Å². The van der Waals surface area contributed by atoms with Crippen molar-refractivity contribution >= 4 is 0 Å². The maximum absolute atomic E-state index is 11.4. The third kappa shape index (κ3) is 2.74. The third-order valence-electron chi connectivity index (χ3n) is 11.4. The number of ether oxygens (including phenoxy) is 2. The van der Waals surface area contributed by atoms with Crippen molar-refractivity contribution in [1.82, 2.24) is 0 Å². The van der Waals surface area contributed by atoms with Crippen LogP contribution in [0.2, 0.25) is 0 Å². The molecule has 3 unspecified atom stereocenters. The van der Waals surface area contributed by atoms with E-state index in [9.17, 15) is 10.2 Å². The highest BCUT2D eigenvalue weighted by atomic mass is 16.7. The van der Waals surface area contributed by atoms with Crippen LogP contribution in [0.4, 0.5) is 0 Å². The van der Waals surface area contributed by atoms with E-state index in [-0.39, 0.29) is 34.9 Å². The van der Waals surface area contributed by atoms with Gasteiger partial charge < -0.3 is 19.7 Å². The first-order valence-electron chi connectivity index (χ1n) is 13.1. The second kappa shape index (κ2) is 6.81. The maximum atomic E-state index is 11.4. The van der Waals surface area contributed by atoms with Crippen LogP contribution in [0.5, 0.6) is 0 Å². The minimum Gasteiger partial charge on any atom is -0.393 e. The van der Waals surface area contributed by atoms with Gasteiger partial charge in [-0.1, -0.05) is 39.3 Å². The van der Waals surface area contributed by atoms with Gasteiger partial charge in [0, 0.05) is 12.3 Å². The van der Waals surface area contributed by atoms with Gasteiger partial charge in [0.15, 0.2) is 5.79 Å². The zero-order valence-electron chi connectivity index (χ0n) is 19.8. The molecule has 6 aliphatic rings. The van der Waals surface area contributed by atoms with Crippen LogP contribution in [0.3, 0.4) is 0 Å². The Balaban J connectivity index is 1.31. The van der Waals surface area contributed by atoms with E-state index in [2.05, 4.69) is 33.8 Å². The molecule has 5 fully saturated rings. The van der Waals surface area contributed by atoms with Crippen molar-refractivity contribution in [1.29, 1.82) is 0 Å². The van der Waals surface area contributed by atoms with Crippen LogP contribution < -0.4 is 0 Å². The van der Waals surface area contributed by atoms with Crippen LogP contribution >= 0.6 is 0 Å². The highest BCUT2D eigenvalue weighted by Crippen LogP contribution is 2.70. The monoisotopic (exact) mass is 430 g/mol. The molecule has 0 aromatic rings. The van der Waals surface area contributed by atoms with Crippen LogP contribution in [0, 0.1) is 46.3 Å². The van der Waals surface area contributed by atoms with Gasteiger partial charge in [-0.3, -0.25) is 0 Å². The Morgan fingerprint density at radius 1 is 1.00 bits per heavy atom. The Morgan fingerprint density at radius 2 is 1.81 bits per heavy atom. The lowest BCUT2D eigenvalue weighted by Crippen LogP contribution is -2.55. The fourth-order valence-electron chi connectivity index (χ4n) is 9.65. The Morgan fingerprint density at radius 3 is 2.55 bits per heavy atom. The summed E-state index contributed by atoms with van der Waals surface area (Å²) in [4.78, 5) is 0. The standard InChI is InChI=1S/C27H42O4/c1-15-5-10-27(30-14-15)16(2)24-22(31-27)13-20-23-19(7-9-26(20,24)4)25(3)8-6-18(28)11-17(25)12-21(23)29/h12,15-16,18-24,28-29H,5-11,13-14H2,1-4H3/t15?,16-,18?,19-,20-,21?,22-,23+,24-,25-,26-,27+/m0/s1. The van der Waals surface area contributed by atoms with Crippen molar-refractivity contribution < 1.29 is 19.7 Å². The van der Waals surface area contributed by atoms with Crippen LogP contribution in [0.15, 0.2) is 11.6 Å². The summed E-state index contributed by atoms with van der Waals surface area (Å²) >= 11 is 0. The Labute approximate surface area is 187 Å². The molecule has 1 spiro atoms. The lowest BCUT2D eigenvalue weighted by atomic mass is 9.46. The molecule has 2 N–H and O–H groups in total. The van der Waals surface area contributed by atoms with E-state index in [0.717, 1.165) is 38.7 Å². The van der Waals surface area contributed by atoms with Crippen molar-refractivity contribution in [3.8, 4) is 0 Å². The number of aliphatic hydroxyl groups excluding tert-OH is 2. The smallest absolute Gasteiger partial charge is 0.171 e. The lowest BCUT2D eigenvalue weighted by molar-refractivity contribution is -0.273. The molecule has 4 nitrogen and oxygen atoms in total. The Kier molecular flexibility index (Phi) is 4.64. The van der Waals surface area contributed by atoms with Crippen LogP contribution in [0.1, 0.15) is 79.1 Å². The molecule has 12 atom stereocenters. The quantitative estimate of drug-likeness (QED) is 0.548. The van der Waals surface area contributed by atoms with E-state index < -0.39 is 0 Å². The van der Waals surface area contributed by atoms with Crippen LogP contribution in [0.25, 0.3) is 0 Å². The molecule has 31 heavy (non-hydrogen) atoms. The van der Waals surface area contributed by atoms with Crippen molar-refractivity contribution in [2.75, 3.05) is 6.61 Å². The molecule has 0 bridgehead atoms.